The number of halogens is 4. The Morgan fingerprint density at radius 2 is 2.00 bits per heavy atom. The summed E-state index contributed by atoms with van der Waals surface area (Å²) < 4.78 is 41.9. The minimum atomic E-state index is -4.31. The standard InChI is InChI=1S/C10H8BrF3O/c1-15-5-4-7-2-3-8(6-9(7)11)10(12,13)14/h2-6H,1H3. The topological polar surface area (TPSA) is 9.23 Å². The van der Waals surface area contributed by atoms with E-state index in [0.29, 0.717) is 10.0 Å². The van der Waals surface area contributed by atoms with Crippen LogP contribution in [0, 0.1) is 0 Å². The average molecular weight is 281 g/mol. The van der Waals surface area contributed by atoms with Crippen molar-refractivity contribution in [2.24, 2.45) is 0 Å². The van der Waals surface area contributed by atoms with Crippen molar-refractivity contribution >= 4 is 22.0 Å². The van der Waals surface area contributed by atoms with Crippen LogP contribution < -0.4 is 0 Å². The van der Waals surface area contributed by atoms with Crippen LogP contribution in [0.25, 0.3) is 6.08 Å². The highest BCUT2D eigenvalue weighted by Crippen LogP contribution is 2.32. The first-order valence-electron chi connectivity index (χ1n) is 4.01. The minimum Gasteiger partial charge on any atom is -0.504 e. The number of methoxy groups -OCH3 is 1. The van der Waals surface area contributed by atoms with Gasteiger partial charge in [0.1, 0.15) is 0 Å². The molecule has 15 heavy (non-hydrogen) atoms. The van der Waals surface area contributed by atoms with Crippen LogP contribution in [0.4, 0.5) is 13.2 Å². The molecule has 0 atom stereocenters. The summed E-state index contributed by atoms with van der Waals surface area (Å²) in [6, 6.07) is 3.44. The molecule has 1 aromatic rings. The summed E-state index contributed by atoms with van der Waals surface area (Å²) in [4.78, 5) is 0. The third-order valence-corrected chi connectivity index (χ3v) is 2.40. The molecule has 0 N–H and O–H groups in total. The Morgan fingerprint density at radius 1 is 1.33 bits per heavy atom. The quantitative estimate of drug-likeness (QED) is 0.742. The first kappa shape index (κ1) is 12.1. The molecule has 1 aromatic carbocycles. The van der Waals surface area contributed by atoms with E-state index in [-0.39, 0.29) is 0 Å². The van der Waals surface area contributed by atoms with Gasteiger partial charge in [-0.25, -0.2) is 0 Å². The fraction of sp³-hybridized carbons (Fsp3) is 0.200. The largest absolute Gasteiger partial charge is 0.504 e. The highest BCUT2D eigenvalue weighted by Gasteiger charge is 2.30. The van der Waals surface area contributed by atoms with Crippen LogP contribution in [0.2, 0.25) is 0 Å². The van der Waals surface area contributed by atoms with E-state index in [1.165, 1.54) is 19.4 Å². The summed E-state index contributed by atoms with van der Waals surface area (Å²) in [7, 11) is 1.47. The summed E-state index contributed by atoms with van der Waals surface area (Å²) in [6.07, 6.45) is -1.34. The maximum atomic E-state index is 12.3. The molecule has 1 nitrogen and oxygen atoms in total. The number of hydrogen-bond donors (Lipinski definition) is 0. The molecular formula is C10H8BrF3O. The van der Waals surface area contributed by atoms with E-state index in [2.05, 4.69) is 20.7 Å². The maximum absolute atomic E-state index is 12.3. The minimum absolute atomic E-state index is 0.380. The van der Waals surface area contributed by atoms with Crippen LogP contribution in [0.3, 0.4) is 0 Å². The molecule has 0 fully saturated rings. The van der Waals surface area contributed by atoms with E-state index in [1.54, 1.807) is 6.08 Å². The Morgan fingerprint density at radius 3 is 2.47 bits per heavy atom. The van der Waals surface area contributed by atoms with Crippen LogP contribution in [-0.2, 0) is 10.9 Å². The predicted molar refractivity (Wildman–Crippen MR) is 55.2 cm³/mol. The zero-order valence-corrected chi connectivity index (χ0v) is 9.39. The molecule has 0 saturated carbocycles. The number of rotatable bonds is 2. The van der Waals surface area contributed by atoms with Gasteiger partial charge in [0.2, 0.25) is 0 Å². The average Bonchev–Trinajstić information content (AvgIpc) is 2.14. The van der Waals surface area contributed by atoms with Crippen molar-refractivity contribution in [3.8, 4) is 0 Å². The van der Waals surface area contributed by atoms with Crippen molar-refractivity contribution < 1.29 is 17.9 Å². The molecule has 0 aromatic heterocycles. The summed E-state index contributed by atoms with van der Waals surface area (Å²) in [5, 5.41) is 0. The van der Waals surface area contributed by atoms with Gasteiger partial charge >= 0.3 is 6.18 Å². The van der Waals surface area contributed by atoms with Crippen LogP contribution in [-0.4, -0.2) is 7.11 Å². The summed E-state index contributed by atoms with van der Waals surface area (Å²) in [5.74, 6) is 0. The van der Waals surface area contributed by atoms with E-state index in [1.807, 2.05) is 0 Å². The zero-order chi connectivity index (χ0) is 11.5. The Kier molecular flexibility index (Phi) is 3.79. The Bertz CT molecular complexity index is 371. The zero-order valence-electron chi connectivity index (χ0n) is 7.81. The van der Waals surface area contributed by atoms with Gasteiger partial charge in [-0.05, 0) is 23.8 Å². The summed E-state index contributed by atoms with van der Waals surface area (Å²) >= 11 is 3.06. The molecule has 0 amide bonds. The lowest BCUT2D eigenvalue weighted by Crippen LogP contribution is -2.04. The molecule has 0 unspecified atom stereocenters. The Hall–Kier alpha value is -0.970. The SMILES string of the molecule is COC=Cc1ccc(C(F)(F)F)cc1Br. The number of benzene rings is 1. The van der Waals surface area contributed by atoms with Crippen molar-refractivity contribution in [3.63, 3.8) is 0 Å². The van der Waals surface area contributed by atoms with Gasteiger partial charge < -0.3 is 4.74 Å². The van der Waals surface area contributed by atoms with Crippen molar-refractivity contribution in [2.75, 3.05) is 7.11 Å². The van der Waals surface area contributed by atoms with E-state index >= 15 is 0 Å². The van der Waals surface area contributed by atoms with E-state index in [4.69, 9.17) is 0 Å². The van der Waals surface area contributed by atoms with Gasteiger partial charge in [-0.15, -0.1) is 0 Å². The summed E-state index contributed by atoms with van der Waals surface area (Å²) in [5.41, 5.74) is -0.0474. The number of hydrogen-bond acceptors (Lipinski definition) is 1. The lowest BCUT2D eigenvalue weighted by molar-refractivity contribution is -0.137. The molecular weight excluding hydrogens is 273 g/mol. The number of ether oxygens (including phenoxy) is 1. The first-order valence-corrected chi connectivity index (χ1v) is 4.80. The maximum Gasteiger partial charge on any atom is 0.416 e. The molecule has 82 valence electrons. The third kappa shape index (κ3) is 3.27. The van der Waals surface area contributed by atoms with E-state index in [0.717, 1.165) is 12.1 Å². The van der Waals surface area contributed by atoms with Crippen LogP contribution in [0.5, 0.6) is 0 Å². The number of alkyl halides is 3. The normalized spacial score (nSPS) is 12.1. The molecule has 0 radical (unpaired) electrons. The van der Waals surface area contributed by atoms with Gasteiger partial charge in [-0.3, -0.25) is 0 Å². The molecule has 0 bridgehead atoms. The molecule has 0 saturated heterocycles. The molecule has 0 aliphatic heterocycles. The first-order chi connectivity index (χ1) is 6.95. The van der Waals surface area contributed by atoms with Gasteiger partial charge in [0.15, 0.2) is 0 Å². The van der Waals surface area contributed by atoms with Crippen molar-refractivity contribution in [1.82, 2.24) is 0 Å². The molecule has 1 rings (SSSR count). The van der Waals surface area contributed by atoms with Gasteiger partial charge in [-0.2, -0.15) is 13.2 Å². The highest BCUT2D eigenvalue weighted by atomic mass is 79.9. The molecule has 5 heteroatoms. The van der Waals surface area contributed by atoms with Crippen molar-refractivity contribution in [3.05, 3.63) is 40.1 Å². The second kappa shape index (κ2) is 4.70. The van der Waals surface area contributed by atoms with Gasteiger partial charge in [0, 0.05) is 4.47 Å². The molecule has 0 aliphatic carbocycles. The van der Waals surface area contributed by atoms with Crippen LogP contribution >= 0.6 is 15.9 Å². The van der Waals surface area contributed by atoms with Crippen molar-refractivity contribution in [1.29, 1.82) is 0 Å². The molecule has 0 aliphatic rings. The second-order valence-corrected chi connectivity index (χ2v) is 3.63. The fourth-order valence-corrected chi connectivity index (χ4v) is 1.49. The van der Waals surface area contributed by atoms with Crippen molar-refractivity contribution in [2.45, 2.75) is 6.18 Å². The Labute approximate surface area is 93.7 Å². The smallest absolute Gasteiger partial charge is 0.416 e. The third-order valence-electron chi connectivity index (χ3n) is 1.71. The van der Waals surface area contributed by atoms with E-state index in [9.17, 15) is 13.2 Å². The molecule has 0 spiro atoms. The van der Waals surface area contributed by atoms with Gasteiger partial charge in [-0.1, -0.05) is 22.0 Å². The van der Waals surface area contributed by atoms with Crippen LogP contribution in [0.1, 0.15) is 11.1 Å². The van der Waals surface area contributed by atoms with Gasteiger partial charge in [0.25, 0.3) is 0 Å². The van der Waals surface area contributed by atoms with Crippen LogP contribution in [0.15, 0.2) is 28.9 Å². The Balaban J connectivity index is 3.04. The lowest BCUT2D eigenvalue weighted by atomic mass is 10.1. The highest BCUT2D eigenvalue weighted by molar-refractivity contribution is 9.10. The van der Waals surface area contributed by atoms with E-state index < -0.39 is 11.7 Å². The predicted octanol–water partition coefficient (Wildman–Crippen LogP) is 4.09. The second-order valence-electron chi connectivity index (χ2n) is 2.77. The monoisotopic (exact) mass is 280 g/mol. The fourth-order valence-electron chi connectivity index (χ4n) is 0.980. The van der Waals surface area contributed by atoms with Gasteiger partial charge in [0.05, 0.1) is 18.9 Å². The molecule has 0 heterocycles. The summed E-state index contributed by atoms with van der Waals surface area (Å²) in [6.45, 7) is 0. The lowest BCUT2D eigenvalue weighted by Gasteiger charge is -2.07.